The number of aliphatic carboxylic acids is 1. The average molecular weight is 492 g/mol. The highest BCUT2D eigenvalue weighted by Gasteiger charge is 2.45. The van der Waals surface area contributed by atoms with E-state index in [1.807, 2.05) is 13.8 Å². The molecule has 1 aromatic rings. The van der Waals surface area contributed by atoms with E-state index in [2.05, 4.69) is 16.0 Å². The van der Waals surface area contributed by atoms with Gasteiger partial charge < -0.3 is 20.6 Å². The summed E-state index contributed by atoms with van der Waals surface area (Å²) in [5.41, 5.74) is 0.495. The molecule has 2 fully saturated rings. The van der Waals surface area contributed by atoms with Gasteiger partial charge in [-0.25, -0.2) is 4.79 Å². The van der Waals surface area contributed by atoms with Gasteiger partial charge in [-0.05, 0) is 26.3 Å². The number of carbonyl (C=O) groups is 5. The van der Waals surface area contributed by atoms with Crippen LogP contribution in [0.3, 0.4) is 0 Å². The zero-order chi connectivity index (χ0) is 25.0. The van der Waals surface area contributed by atoms with Crippen molar-refractivity contribution in [3.8, 4) is 0 Å². The predicted octanol–water partition coefficient (Wildman–Crippen LogP) is 0.139. The van der Waals surface area contributed by atoms with Crippen LogP contribution in [0.4, 0.5) is 4.79 Å². The average Bonchev–Trinajstić information content (AvgIpc) is 3.12. The van der Waals surface area contributed by atoms with Crippen molar-refractivity contribution in [2.75, 3.05) is 26.2 Å². The fourth-order valence-corrected chi connectivity index (χ4v) is 5.35. The monoisotopic (exact) mass is 491 g/mol. The summed E-state index contributed by atoms with van der Waals surface area (Å²) in [5, 5.41) is 17.4. The standard InChI is InChI=1S/C22H29N5O6S/c1-4-26-10-11-27(19(30)18(26)29)21(33)25-15(13-8-6-5-7-9-13)17(28)23-12-14-24-16(20(31)32)22(2,3)34-14/h5-9,14-16,24H,4,10-12H2,1-3H3,(H,23,28)(H,25,33)(H,31,32)/t14-,15?,16+/m1/s1. The zero-order valence-electron chi connectivity index (χ0n) is 19.2. The van der Waals surface area contributed by atoms with Crippen molar-refractivity contribution in [1.82, 2.24) is 25.8 Å². The summed E-state index contributed by atoms with van der Waals surface area (Å²) in [5.74, 6) is -3.19. The first kappa shape index (κ1) is 25.5. The number of hydrogen-bond acceptors (Lipinski definition) is 7. The lowest BCUT2D eigenvalue weighted by Crippen LogP contribution is -2.59. The van der Waals surface area contributed by atoms with Crippen LogP contribution < -0.4 is 16.0 Å². The minimum Gasteiger partial charge on any atom is -0.480 e. The van der Waals surface area contributed by atoms with Crippen LogP contribution in [0.1, 0.15) is 32.4 Å². The summed E-state index contributed by atoms with van der Waals surface area (Å²) >= 11 is 1.40. The van der Waals surface area contributed by atoms with Crippen molar-refractivity contribution in [3.63, 3.8) is 0 Å². The topological polar surface area (TPSA) is 148 Å². The van der Waals surface area contributed by atoms with E-state index < -0.39 is 46.6 Å². The van der Waals surface area contributed by atoms with Crippen LogP contribution in [0.5, 0.6) is 0 Å². The summed E-state index contributed by atoms with van der Waals surface area (Å²) in [6, 6.07) is 5.80. The lowest BCUT2D eigenvalue weighted by atomic mass is 10.0. The van der Waals surface area contributed by atoms with E-state index in [1.165, 1.54) is 16.7 Å². The van der Waals surface area contributed by atoms with Crippen LogP contribution in [0.25, 0.3) is 0 Å². The van der Waals surface area contributed by atoms with Crippen LogP contribution in [0, 0.1) is 0 Å². The number of benzene rings is 1. The summed E-state index contributed by atoms with van der Waals surface area (Å²) in [4.78, 5) is 64.1. The number of urea groups is 1. The number of likely N-dealkylation sites (N-methyl/N-ethyl adjacent to an activating group) is 1. The first-order valence-electron chi connectivity index (χ1n) is 11.0. The molecule has 184 valence electrons. The van der Waals surface area contributed by atoms with Crippen molar-refractivity contribution in [2.45, 2.75) is 43.0 Å². The molecule has 1 unspecified atom stereocenters. The van der Waals surface area contributed by atoms with E-state index in [0.717, 1.165) is 4.90 Å². The fraction of sp³-hybridized carbons (Fsp3) is 0.500. The fourth-order valence-electron chi connectivity index (χ4n) is 3.94. The molecule has 0 aromatic heterocycles. The van der Waals surface area contributed by atoms with Gasteiger partial charge in [-0.2, -0.15) is 0 Å². The van der Waals surface area contributed by atoms with Gasteiger partial charge in [0.2, 0.25) is 5.91 Å². The second kappa shape index (κ2) is 10.4. The molecule has 1 aromatic carbocycles. The third kappa shape index (κ3) is 5.50. The second-order valence-corrected chi connectivity index (χ2v) is 10.4. The maximum absolute atomic E-state index is 13.1. The maximum Gasteiger partial charge on any atom is 0.325 e. The largest absolute Gasteiger partial charge is 0.480 e. The number of nitrogens with zero attached hydrogens (tertiary/aromatic N) is 2. The summed E-state index contributed by atoms with van der Waals surface area (Å²) < 4.78 is -0.568. The van der Waals surface area contributed by atoms with Gasteiger partial charge in [0, 0.05) is 30.9 Å². The normalized spacial score (nSPS) is 22.9. The predicted molar refractivity (Wildman–Crippen MR) is 125 cm³/mol. The SMILES string of the molecule is CCN1CCN(C(=O)NC(C(=O)NC[C@@H]2N[C@@H](C(=O)O)C(C)(C)S2)c2ccccc2)C(=O)C1=O. The van der Waals surface area contributed by atoms with Gasteiger partial charge in [-0.1, -0.05) is 30.3 Å². The Morgan fingerprint density at radius 3 is 2.44 bits per heavy atom. The molecule has 0 radical (unpaired) electrons. The van der Waals surface area contributed by atoms with E-state index in [1.54, 1.807) is 37.3 Å². The molecule has 11 nitrogen and oxygen atoms in total. The smallest absolute Gasteiger partial charge is 0.325 e. The van der Waals surface area contributed by atoms with E-state index in [-0.39, 0.29) is 25.0 Å². The van der Waals surface area contributed by atoms with Gasteiger partial charge in [0.05, 0.1) is 5.37 Å². The van der Waals surface area contributed by atoms with Crippen molar-refractivity contribution in [2.24, 2.45) is 0 Å². The Morgan fingerprint density at radius 2 is 1.85 bits per heavy atom. The number of carbonyl (C=O) groups excluding carboxylic acids is 4. The minimum absolute atomic E-state index is 0.0294. The summed E-state index contributed by atoms with van der Waals surface area (Å²) in [6.45, 7) is 6.12. The lowest BCUT2D eigenvalue weighted by molar-refractivity contribution is -0.153. The van der Waals surface area contributed by atoms with E-state index in [4.69, 9.17) is 0 Å². The lowest BCUT2D eigenvalue weighted by Gasteiger charge is -2.32. The number of amides is 5. The van der Waals surface area contributed by atoms with Crippen LogP contribution in [0.2, 0.25) is 0 Å². The van der Waals surface area contributed by atoms with Gasteiger partial charge in [-0.3, -0.25) is 29.4 Å². The van der Waals surface area contributed by atoms with Crippen molar-refractivity contribution >= 4 is 41.5 Å². The molecule has 0 aliphatic carbocycles. The molecule has 0 saturated carbocycles. The minimum atomic E-state index is -1.12. The zero-order valence-corrected chi connectivity index (χ0v) is 20.1. The van der Waals surface area contributed by atoms with E-state index in [9.17, 15) is 29.1 Å². The molecule has 34 heavy (non-hydrogen) atoms. The number of carboxylic acids is 1. The summed E-state index contributed by atoms with van der Waals surface area (Å²) in [6.07, 6.45) is 0. The molecule has 0 spiro atoms. The number of thioether (sulfide) groups is 1. The van der Waals surface area contributed by atoms with Gasteiger partial charge in [0.25, 0.3) is 0 Å². The molecule has 2 aliphatic rings. The molecular weight excluding hydrogens is 462 g/mol. The van der Waals surface area contributed by atoms with Gasteiger partial charge >= 0.3 is 23.8 Å². The number of rotatable bonds is 7. The first-order chi connectivity index (χ1) is 16.0. The van der Waals surface area contributed by atoms with Crippen LogP contribution >= 0.6 is 11.8 Å². The Hall–Kier alpha value is -3.12. The molecule has 2 heterocycles. The molecule has 5 amide bonds. The highest BCUT2D eigenvalue weighted by molar-refractivity contribution is 8.01. The Bertz CT molecular complexity index is 972. The Kier molecular flexibility index (Phi) is 7.82. The first-order valence-corrected chi connectivity index (χ1v) is 11.8. The van der Waals surface area contributed by atoms with Gasteiger partial charge in [-0.15, -0.1) is 11.8 Å². The van der Waals surface area contributed by atoms with Crippen molar-refractivity contribution in [1.29, 1.82) is 0 Å². The van der Waals surface area contributed by atoms with Crippen molar-refractivity contribution < 1.29 is 29.1 Å². The van der Waals surface area contributed by atoms with E-state index >= 15 is 0 Å². The number of imide groups is 1. The molecule has 3 rings (SSSR count). The third-order valence-corrected chi connectivity index (χ3v) is 7.23. The highest BCUT2D eigenvalue weighted by atomic mass is 32.2. The molecule has 0 bridgehead atoms. The van der Waals surface area contributed by atoms with Crippen molar-refractivity contribution in [3.05, 3.63) is 35.9 Å². The van der Waals surface area contributed by atoms with Gasteiger partial charge in [0.1, 0.15) is 12.1 Å². The van der Waals surface area contributed by atoms with E-state index in [0.29, 0.717) is 12.1 Å². The summed E-state index contributed by atoms with van der Waals surface area (Å²) in [7, 11) is 0. The Morgan fingerprint density at radius 1 is 1.18 bits per heavy atom. The van der Waals surface area contributed by atoms with Crippen LogP contribution in [0.15, 0.2) is 30.3 Å². The Labute approximate surface area is 201 Å². The van der Waals surface area contributed by atoms with Crippen LogP contribution in [-0.2, 0) is 19.2 Å². The van der Waals surface area contributed by atoms with Gasteiger partial charge in [0.15, 0.2) is 0 Å². The molecule has 2 aliphatic heterocycles. The van der Waals surface area contributed by atoms with Crippen LogP contribution in [-0.4, -0.2) is 87.0 Å². The molecule has 3 atom stereocenters. The molecule has 2 saturated heterocycles. The molecular formula is C22H29N5O6S. The third-order valence-electron chi connectivity index (χ3n) is 5.80. The molecule has 4 N–H and O–H groups in total. The maximum atomic E-state index is 13.1. The Balaban J connectivity index is 1.69. The number of nitrogens with one attached hydrogen (secondary N) is 3. The second-order valence-electron chi connectivity index (χ2n) is 8.53. The highest BCUT2D eigenvalue weighted by Crippen LogP contribution is 2.37. The molecule has 12 heteroatoms. The number of piperazine rings is 1. The quantitative estimate of drug-likeness (QED) is 0.394. The number of carboxylic acid groups (broad SMARTS) is 1. The number of hydrogen-bond donors (Lipinski definition) is 4.